The van der Waals surface area contributed by atoms with Crippen LogP contribution < -0.4 is 9.64 Å². The van der Waals surface area contributed by atoms with E-state index in [2.05, 4.69) is 4.98 Å². The average Bonchev–Trinajstić information content (AvgIpc) is 2.96. The van der Waals surface area contributed by atoms with Crippen LogP contribution in [0.1, 0.15) is 13.8 Å². The van der Waals surface area contributed by atoms with E-state index < -0.39 is 0 Å². The Hall–Kier alpha value is -2.40. The molecule has 0 aliphatic rings. The number of thiazole rings is 1. The number of carbonyl (C=O) groups is 1. The molecule has 1 heterocycles. The van der Waals surface area contributed by atoms with Crippen molar-refractivity contribution >= 4 is 33.1 Å². The van der Waals surface area contributed by atoms with Crippen molar-refractivity contribution < 1.29 is 9.53 Å². The third-order valence-electron chi connectivity index (χ3n) is 3.41. The molecule has 0 aliphatic heterocycles. The van der Waals surface area contributed by atoms with Gasteiger partial charge >= 0.3 is 0 Å². The zero-order chi connectivity index (χ0) is 16.2. The first-order valence-corrected chi connectivity index (χ1v) is 8.32. The lowest BCUT2D eigenvalue weighted by Crippen LogP contribution is -2.40. The molecular weight excluding hydrogens is 308 g/mol. The van der Waals surface area contributed by atoms with E-state index in [1.165, 1.54) is 11.3 Å². The van der Waals surface area contributed by atoms with Crippen molar-refractivity contribution in [3.8, 4) is 5.19 Å². The highest BCUT2D eigenvalue weighted by Gasteiger charge is 2.19. The molecule has 1 amide bonds. The Kier molecular flexibility index (Phi) is 4.57. The number of ether oxygens (including phenoxy) is 1. The summed E-state index contributed by atoms with van der Waals surface area (Å²) in [5.41, 5.74) is 1.77. The zero-order valence-electron chi connectivity index (χ0n) is 13.1. The van der Waals surface area contributed by atoms with Crippen molar-refractivity contribution in [2.75, 3.05) is 11.5 Å². The minimum atomic E-state index is -0.0783. The van der Waals surface area contributed by atoms with Crippen LogP contribution in [0.4, 0.5) is 5.69 Å². The SMILES string of the molecule is CC(C)N(C(=O)COc1nc2ccccc2s1)c1ccccc1. The van der Waals surface area contributed by atoms with Gasteiger partial charge in [0, 0.05) is 11.7 Å². The lowest BCUT2D eigenvalue weighted by atomic mass is 10.2. The molecule has 0 radical (unpaired) electrons. The van der Waals surface area contributed by atoms with Gasteiger partial charge in [-0.2, -0.15) is 0 Å². The number of anilines is 1. The van der Waals surface area contributed by atoms with Crippen molar-refractivity contribution in [3.05, 3.63) is 54.6 Å². The Bertz CT molecular complexity index is 766. The van der Waals surface area contributed by atoms with Gasteiger partial charge in [-0.3, -0.25) is 4.79 Å². The van der Waals surface area contributed by atoms with Gasteiger partial charge in [0.15, 0.2) is 6.61 Å². The van der Waals surface area contributed by atoms with E-state index in [1.54, 1.807) is 4.90 Å². The summed E-state index contributed by atoms with van der Waals surface area (Å²) in [5.74, 6) is -0.0783. The summed E-state index contributed by atoms with van der Waals surface area (Å²) < 4.78 is 6.68. The van der Waals surface area contributed by atoms with E-state index in [9.17, 15) is 4.79 Å². The molecule has 0 unspecified atom stereocenters. The Morgan fingerprint density at radius 1 is 1.13 bits per heavy atom. The Morgan fingerprint density at radius 3 is 2.52 bits per heavy atom. The normalized spacial score (nSPS) is 10.9. The number of fused-ring (bicyclic) bond motifs is 1. The molecular formula is C18H18N2O2S. The van der Waals surface area contributed by atoms with Crippen molar-refractivity contribution in [2.45, 2.75) is 19.9 Å². The molecule has 23 heavy (non-hydrogen) atoms. The van der Waals surface area contributed by atoms with Crippen molar-refractivity contribution in [1.29, 1.82) is 0 Å². The highest BCUT2D eigenvalue weighted by Crippen LogP contribution is 2.27. The number of hydrogen-bond acceptors (Lipinski definition) is 4. The number of nitrogens with zero attached hydrogens (tertiary/aromatic N) is 2. The van der Waals surface area contributed by atoms with Crippen LogP contribution in [-0.4, -0.2) is 23.5 Å². The van der Waals surface area contributed by atoms with Crippen LogP contribution in [0.3, 0.4) is 0 Å². The highest BCUT2D eigenvalue weighted by atomic mass is 32.1. The number of aromatic nitrogens is 1. The van der Waals surface area contributed by atoms with Gasteiger partial charge in [0.1, 0.15) is 0 Å². The molecule has 0 spiro atoms. The molecule has 0 fully saturated rings. The minimum absolute atomic E-state index is 0.0209. The van der Waals surface area contributed by atoms with Gasteiger partial charge in [0.25, 0.3) is 11.1 Å². The Balaban J connectivity index is 1.72. The standard InChI is InChI=1S/C18H18N2O2S/c1-13(2)20(14-8-4-3-5-9-14)17(21)12-22-18-19-15-10-6-7-11-16(15)23-18/h3-11,13H,12H2,1-2H3. The monoisotopic (exact) mass is 326 g/mol. The maximum atomic E-state index is 12.6. The molecule has 3 rings (SSSR count). The second-order valence-electron chi connectivity index (χ2n) is 5.43. The lowest BCUT2D eigenvalue weighted by molar-refractivity contribution is -0.120. The molecule has 0 saturated heterocycles. The fourth-order valence-electron chi connectivity index (χ4n) is 2.42. The molecule has 0 N–H and O–H groups in total. The van der Waals surface area contributed by atoms with Crippen LogP contribution in [0.2, 0.25) is 0 Å². The van der Waals surface area contributed by atoms with Gasteiger partial charge in [-0.05, 0) is 38.1 Å². The first kappa shape index (κ1) is 15.5. The van der Waals surface area contributed by atoms with Gasteiger partial charge in [-0.15, -0.1) is 0 Å². The van der Waals surface area contributed by atoms with Crippen LogP contribution in [0.25, 0.3) is 10.2 Å². The Labute approximate surface area is 139 Å². The van der Waals surface area contributed by atoms with Crippen molar-refractivity contribution in [1.82, 2.24) is 4.98 Å². The number of carbonyl (C=O) groups excluding carboxylic acids is 1. The highest BCUT2D eigenvalue weighted by molar-refractivity contribution is 7.20. The minimum Gasteiger partial charge on any atom is -0.460 e. The second-order valence-corrected chi connectivity index (χ2v) is 6.42. The van der Waals surface area contributed by atoms with E-state index in [0.717, 1.165) is 15.9 Å². The first-order valence-electron chi connectivity index (χ1n) is 7.50. The predicted octanol–water partition coefficient (Wildman–Crippen LogP) is 4.12. The van der Waals surface area contributed by atoms with Gasteiger partial charge in [0.2, 0.25) is 0 Å². The van der Waals surface area contributed by atoms with Crippen molar-refractivity contribution in [2.24, 2.45) is 0 Å². The number of benzene rings is 2. The topological polar surface area (TPSA) is 42.4 Å². The predicted molar refractivity (Wildman–Crippen MR) is 94.2 cm³/mol. The van der Waals surface area contributed by atoms with Gasteiger partial charge in [-0.1, -0.05) is 41.7 Å². The summed E-state index contributed by atoms with van der Waals surface area (Å²) in [6.07, 6.45) is 0. The first-order chi connectivity index (χ1) is 11.1. The van der Waals surface area contributed by atoms with Gasteiger partial charge in [0.05, 0.1) is 10.2 Å². The lowest BCUT2D eigenvalue weighted by Gasteiger charge is -2.26. The average molecular weight is 326 g/mol. The quantitative estimate of drug-likeness (QED) is 0.708. The smallest absolute Gasteiger partial charge is 0.274 e. The van der Waals surface area contributed by atoms with Crippen LogP contribution in [0.15, 0.2) is 54.6 Å². The van der Waals surface area contributed by atoms with E-state index in [0.29, 0.717) is 5.19 Å². The van der Waals surface area contributed by atoms with Crippen LogP contribution in [-0.2, 0) is 4.79 Å². The van der Waals surface area contributed by atoms with Crippen LogP contribution in [0, 0.1) is 0 Å². The number of amides is 1. The van der Waals surface area contributed by atoms with Gasteiger partial charge in [-0.25, -0.2) is 4.98 Å². The fourth-order valence-corrected chi connectivity index (χ4v) is 3.24. The van der Waals surface area contributed by atoms with E-state index in [-0.39, 0.29) is 18.6 Å². The molecule has 4 nitrogen and oxygen atoms in total. The fraction of sp³-hybridized carbons (Fsp3) is 0.222. The molecule has 0 atom stereocenters. The summed E-state index contributed by atoms with van der Waals surface area (Å²) in [6.45, 7) is 3.96. The molecule has 118 valence electrons. The summed E-state index contributed by atoms with van der Waals surface area (Å²) in [4.78, 5) is 18.7. The number of para-hydroxylation sites is 2. The maximum absolute atomic E-state index is 12.6. The number of hydrogen-bond donors (Lipinski definition) is 0. The van der Waals surface area contributed by atoms with E-state index >= 15 is 0 Å². The molecule has 0 saturated carbocycles. The molecule has 5 heteroatoms. The molecule has 1 aromatic heterocycles. The van der Waals surface area contributed by atoms with Crippen molar-refractivity contribution in [3.63, 3.8) is 0 Å². The Morgan fingerprint density at radius 2 is 1.83 bits per heavy atom. The zero-order valence-corrected chi connectivity index (χ0v) is 13.9. The number of rotatable bonds is 5. The van der Waals surface area contributed by atoms with E-state index in [1.807, 2.05) is 68.4 Å². The molecule has 0 bridgehead atoms. The van der Waals surface area contributed by atoms with Crippen LogP contribution >= 0.6 is 11.3 Å². The second kappa shape index (κ2) is 6.79. The molecule has 0 aliphatic carbocycles. The third kappa shape index (κ3) is 3.51. The van der Waals surface area contributed by atoms with E-state index in [4.69, 9.17) is 4.74 Å². The molecule has 3 aromatic rings. The summed E-state index contributed by atoms with van der Waals surface area (Å²) >= 11 is 1.45. The largest absolute Gasteiger partial charge is 0.460 e. The summed E-state index contributed by atoms with van der Waals surface area (Å²) in [6, 6.07) is 17.5. The third-order valence-corrected chi connectivity index (χ3v) is 4.36. The summed E-state index contributed by atoms with van der Waals surface area (Å²) in [7, 11) is 0. The van der Waals surface area contributed by atoms with Crippen LogP contribution in [0.5, 0.6) is 5.19 Å². The maximum Gasteiger partial charge on any atom is 0.274 e. The molecule has 2 aromatic carbocycles. The van der Waals surface area contributed by atoms with Gasteiger partial charge < -0.3 is 9.64 Å². The summed E-state index contributed by atoms with van der Waals surface area (Å²) in [5, 5.41) is 0.524.